The average molecular weight is 208 g/mol. The SMILES string of the molecule is CCC(=CC(=O)c1csc(C)c1)CC. The minimum atomic E-state index is 0.146. The van der Waals surface area contributed by atoms with Crippen molar-refractivity contribution in [3.8, 4) is 0 Å². The van der Waals surface area contributed by atoms with Crippen molar-refractivity contribution in [2.75, 3.05) is 0 Å². The van der Waals surface area contributed by atoms with Gasteiger partial charge in [0.05, 0.1) is 0 Å². The summed E-state index contributed by atoms with van der Waals surface area (Å²) in [4.78, 5) is 12.9. The Bertz CT molecular complexity index is 341. The molecule has 0 amide bonds. The van der Waals surface area contributed by atoms with E-state index in [9.17, 15) is 4.79 Å². The smallest absolute Gasteiger partial charge is 0.186 e. The van der Waals surface area contributed by atoms with E-state index in [-0.39, 0.29) is 5.78 Å². The van der Waals surface area contributed by atoms with Crippen molar-refractivity contribution in [2.24, 2.45) is 0 Å². The molecule has 0 saturated heterocycles. The number of carbonyl (C=O) groups excluding carboxylic acids is 1. The molecule has 0 spiro atoms. The highest BCUT2D eigenvalue weighted by molar-refractivity contribution is 7.10. The summed E-state index contributed by atoms with van der Waals surface area (Å²) < 4.78 is 0. The Balaban J connectivity index is 2.81. The van der Waals surface area contributed by atoms with Crippen LogP contribution in [0.15, 0.2) is 23.1 Å². The molecule has 14 heavy (non-hydrogen) atoms. The zero-order chi connectivity index (χ0) is 10.6. The molecule has 1 aromatic heterocycles. The maximum Gasteiger partial charge on any atom is 0.186 e. The molecule has 0 radical (unpaired) electrons. The van der Waals surface area contributed by atoms with Crippen LogP contribution >= 0.6 is 11.3 Å². The van der Waals surface area contributed by atoms with Crippen LogP contribution in [-0.2, 0) is 0 Å². The van der Waals surface area contributed by atoms with Gasteiger partial charge in [-0.25, -0.2) is 0 Å². The molecule has 1 nitrogen and oxygen atoms in total. The number of hydrogen-bond donors (Lipinski definition) is 0. The second-order valence-corrected chi connectivity index (χ2v) is 4.44. The fourth-order valence-electron chi connectivity index (χ4n) is 1.30. The highest BCUT2D eigenvalue weighted by Gasteiger charge is 2.05. The van der Waals surface area contributed by atoms with Gasteiger partial charge in [-0.15, -0.1) is 11.3 Å². The lowest BCUT2D eigenvalue weighted by molar-refractivity contribution is 0.104. The predicted molar refractivity (Wildman–Crippen MR) is 62.1 cm³/mol. The fourth-order valence-corrected chi connectivity index (χ4v) is 1.99. The molecular weight excluding hydrogens is 192 g/mol. The molecule has 0 atom stereocenters. The number of allylic oxidation sites excluding steroid dienone is 2. The molecule has 1 heterocycles. The molecule has 0 aliphatic carbocycles. The van der Waals surface area contributed by atoms with E-state index >= 15 is 0 Å². The topological polar surface area (TPSA) is 17.1 Å². The van der Waals surface area contributed by atoms with Gasteiger partial charge in [0.25, 0.3) is 0 Å². The van der Waals surface area contributed by atoms with Crippen LogP contribution in [0.5, 0.6) is 0 Å². The molecule has 0 fully saturated rings. The third kappa shape index (κ3) is 2.81. The normalized spacial score (nSPS) is 9.93. The molecule has 0 saturated carbocycles. The van der Waals surface area contributed by atoms with E-state index in [0.717, 1.165) is 18.4 Å². The largest absolute Gasteiger partial charge is 0.289 e. The van der Waals surface area contributed by atoms with Gasteiger partial charge in [-0.2, -0.15) is 0 Å². The van der Waals surface area contributed by atoms with E-state index in [1.54, 1.807) is 17.4 Å². The Labute approximate surface area is 89.5 Å². The second-order valence-electron chi connectivity index (χ2n) is 3.32. The van der Waals surface area contributed by atoms with Gasteiger partial charge in [0.1, 0.15) is 0 Å². The van der Waals surface area contributed by atoms with Crippen LogP contribution in [0.2, 0.25) is 0 Å². The van der Waals surface area contributed by atoms with Crippen LogP contribution in [0.3, 0.4) is 0 Å². The lowest BCUT2D eigenvalue weighted by Crippen LogP contribution is -1.93. The van der Waals surface area contributed by atoms with E-state index in [1.165, 1.54) is 10.5 Å². The Hall–Kier alpha value is -0.890. The van der Waals surface area contributed by atoms with Gasteiger partial charge in [-0.3, -0.25) is 4.79 Å². The Morgan fingerprint density at radius 3 is 2.50 bits per heavy atom. The first kappa shape index (κ1) is 11.2. The number of rotatable bonds is 4. The van der Waals surface area contributed by atoms with Gasteiger partial charge in [-0.1, -0.05) is 19.4 Å². The molecular formula is C12H16OS. The molecule has 76 valence electrons. The summed E-state index contributed by atoms with van der Waals surface area (Å²) in [7, 11) is 0. The summed E-state index contributed by atoms with van der Waals surface area (Å²) in [6.07, 6.45) is 3.71. The van der Waals surface area contributed by atoms with Gasteiger partial charge >= 0.3 is 0 Å². The number of aryl methyl sites for hydroxylation is 1. The van der Waals surface area contributed by atoms with Gasteiger partial charge in [0.15, 0.2) is 5.78 Å². The molecule has 2 heteroatoms. The van der Waals surface area contributed by atoms with E-state index in [0.29, 0.717) is 0 Å². The van der Waals surface area contributed by atoms with Crippen molar-refractivity contribution >= 4 is 17.1 Å². The van der Waals surface area contributed by atoms with Crippen LogP contribution in [0.4, 0.5) is 0 Å². The van der Waals surface area contributed by atoms with Crippen LogP contribution < -0.4 is 0 Å². The van der Waals surface area contributed by atoms with Gasteiger partial charge in [-0.05, 0) is 31.9 Å². The van der Waals surface area contributed by atoms with Gasteiger partial charge < -0.3 is 0 Å². The molecule has 1 aromatic rings. The van der Waals surface area contributed by atoms with Crippen LogP contribution in [0, 0.1) is 6.92 Å². The van der Waals surface area contributed by atoms with Crippen molar-refractivity contribution in [2.45, 2.75) is 33.6 Å². The van der Waals surface area contributed by atoms with Crippen molar-refractivity contribution in [1.29, 1.82) is 0 Å². The van der Waals surface area contributed by atoms with E-state index < -0.39 is 0 Å². The maximum atomic E-state index is 11.7. The first-order valence-electron chi connectivity index (χ1n) is 4.96. The molecule has 0 aliphatic rings. The predicted octanol–water partition coefficient (Wildman–Crippen LogP) is 3.99. The number of thiophene rings is 1. The molecule has 0 unspecified atom stereocenters. The summed E-state index contributed by atoms with van der Waals surface area (Å²) in [5.74, 6) is 0.146. The average Bonchev–Trinajstić information content (AvgIpc) is 2.61. The number of hydrogen-bond acceptors (Lipinski definition) is 2. The van der Waals surface area contributed by atoms with Gasteiger partial charge in [0.2, 0.25) is 0 Å². The monoisotopic (exact) mass is 208 g/mol. The first-order chi connectivity index (χ1) is 6.67. The van der Waals surface area contributed by atoms with Crippen LogP contribution in [0.1, 0.15) is 41.9 Å². The summed E-state index contributed by atoms with van der Waals surface area (Å²) in [6.45, 7) is 6.19. The quantitative estimate of drug-likeness (QED) is 0.540. The lowest BCUT2D eigenvalue weighted by Gasteiger charge is -1.97. The minimum absolute atomic E-state index is 0.146. The van der Waals surface area contributed by atoms with Crippen molar-refractivity contribution < 1.29 is 4.79 Å². The summed E-state index contributed by atoms with van der Waals surface area (Å²) >= 11 is 1.62. The van der Waals surface area contributed by atoms with E-state index in [4.69, 9.17) is 0 Å². The van der Waals surface area contributed by atoms with E-state index in [2.05, 4.69) is 13.8 Å². The number of carbonyl (C=O) groups is 1. The fraction of sp³-hybridized carbons (Fsp3) is 0.417. The van der Waals surface area contributed by atoms with Crippen molar-refractivity contribution in [3.63, 3.8) is 0 Å². The molecule has 0 aromatic carbocycles. The minimum Gasteiger partial charge on any atom is -0.289 e. The third-order valence-corrected chi connectivity index (χ3v) is 3.12. The highest BCUT2D eigenvalue weighted by Crippen LogP contribution is 2.15. The Morgan fingerprint density at radius 2 is 2.07 bits per heavy atom. The zero-order valence-electron chi connectivity index (χ0n) is 8.96. The van der Waals surface area contributed by atoms with E-state index in [1.807, 2.05) is 18.4 Å². The molecule has 0 aliphatic heterocycles. The summed E-state index contributed by atoms with van der Waals surface area (Å²) in [6, 6.07) is 1.95. The summed E-state index contributed by atoms with van der Waals surface area (Å²) in [5, 5.41) is 1.93. The Kier molecular flexibility index (Phi) is 4.08. The molecule has 1 rings (SSSR count). The number of ketones is 1. The maximum absolute atomic E-state index is 11.7. The van der Waals surface area contributed by atoms with Crippen molar-refractivity contribution in [1.82, 2.24) is 0 Å². The van der Waals surface area contributed by atoms with Crippen LogP contribution in [-0.4, -0.2) is 5.78 Å². The third-order valence-electron chi connectivity index (χ3n) is 2.26. The van der Waals surface area contributed by atoms with Crippen molar-refractivity contribution in [3.05, 3.63) is 33.5 Å². The first-order valence-corrected chi connectivity index (χ1v) is 5.84. The second kappa shape index (κ2) is 5.11. The van der Waals surface area contributed by atoms with Gasteiger partial charge in [0, 0.05) is 15.8 Å². The lowest BCUT2D eigenvalue weighted by atomic mass is 10.1. The standard InChI is InChI=1S/C12H16OS/c1-4-10(5-2)7-12(13)11-6-9(3)14-8-11/h6-8H,4-5H2,1-3H3. The Morgan fingerprint density at radius 1 is 1.43 bits per heavy atom. The highest BCUT2D eigenvalue weighted by atomic mass is 32.1. The zero-order valence-corrected chi connectivity index (χ0v) is 9.78. The van der Waals surface area contributed by atoms with Crippen LogP contribution in [0.25, 0.3) is 0 Å². The molecule has 0 bridgehead atoms. The molecule has 0 N–H and O–H groups in total. The summed E-state index contributed by atoms with van der Waals surface area (Å²) in [5.41, 5.74) is 2.05.